The molecule has 0 atom stereocenters. The number of pyridine rings is 1. The fourth-order valence-corrected chi connectivity index (χ4v) is 5.51. The van der Waals surface area contributed by atoms with Gasteiger partial charge in [0.2, 0.25) is 5.95 Å². The topological polar surface area (TPSA) is 89.7 Å². The molecule has 2 N–H and O–H groups in total. The summed E-state index contributed by atoms with van der Waals surface area (Å²) in [6, 6.07) is 10.8. The normalized spacial score (nSPS) is 18.4. The van der Waals surface area contributed by atoms with Crippen molar-refractivity contribution >= 4 is 22.7 Å². The molecule has 0 radical (unpaired) electrons. The monoisotopic (exact) mass is 481 g/mol. The minimum Gasteiger partial charge on any atom is -0.324 e. The lowest BCUT2D eigenvalue weighted by Gasteiger charge is -2.26. The van der Waals surface area contributed by atoms with Crippen molar-refractivity contribution in [3.63, 3.8) is 0 Å². The van der Waals surface area contributed by atoms with Crippen LogP contribution < -0.4 is 16.2 Å². The molecular formula is C28H31N7O. The van der Waals surface area contributed by atoms with Crippen molar-refractivity contribution in [2.45, 2.75) is 69.9 Å². The number of benzene rings is 1. The van der Waals surface area contributed by atoms with Gasteiger partial charge in [-0.05, 0) is 61.1 Å². The predicted molar refractivity (Wildman–Crippen MR) is 140 cm³/mol. The molecule has 1 aromatic carbocycles. The number of anilines is 2. The molecule has 1 aliphatic heterocycles. The average molecular weight is 482 g/mol. The maximum Gasteiger partial charge on any atom is 0.278 e. The third-order valence-corrected chi connectivity index (χ3v) is 7.84. The van der Waals surface area contributed by atoms with E-state index in [1.165, 1.54) is 24.0 Å². The molecule has 0 amide bonds. The van der Waals surface area contributed by atoms with Crippen molar-refractivity contribution in [1.82, 2.24) is 29.6 Å². The van der Waals surface area contributed by atoms with E-state index in [2.05, 4.69) is 65.6 Å². The van der Waals surface area contributed by atoms with Crippen molar-refractivity contribution < 1.29 is 0 Å². The molecule has 8 heteroatoms. The number of nitrogens with zero attached hydrogens (tertiary/aromatic N) is 5. The molecule has 8 nitrogen and oxygen atoms in total. The number of hydrogen-bond acceptors (Lipinski definition) is 6. The quantitative estimate of drug-likeness (QED) is 0.447. The highest BCUT2D eigenvalue weighted by atomic mass is 16.1. The molecule has 2 saturated carbocycles. The summed E-state index contributed by atoms with van der Waals surface area (Å²) < 4.78 is 3.82. The van der Waals surface area contributed by atoms with Gasteiger partial charge >= 0.3 is 0 Å². The van der Waals surface area contributed by atoms with Crippen LogP contribution >= 0.6 is 0 Å². The van der Waals surface area contributed by atoms with Gasteiger partial charge in [-0.2, -0.15) is 4.98 Å². The van der Waals surface area contributed by atoms with E-state index in [-0.39, 0.29) is 17.0 Å². The predicted octanol–water partition coefficient (Wildman–Crippen LogP) is 4.49. The summed E-state index contributed by atoms with van der Waals surface area (Å²) in [6.07, 6.45) is 8.00. The van der Waals surface area contributed by atoms with Gasteiger partial charge in [0.15, 0.2) is 5.65 Å². The van der Waals surface area contributed by atoms with E-state index in [1.807, 2.05) is 21.6 Å². The van der Waals surface area contributed by atoms with Crippen LogP contribution in [0.1, 0.15) is 69.3 Å². The minimum atomic E-state index is -0.105. The summed E-state index contributed by atoms with van der Waals surface area (Å²) >= 11 is 0. The Bertz CT molecular complexity index is 1570. The average Bonchev–Trinajstić information content (AvgIpc) is 3.79. The molecule has 184 valence electrons. The van der Waals surface area contributed by atoms with E-state index in [9.17, 15) is 4.79 Å². The van der Waals surface area contributed by atoms with E-state index in [0.29, 0.717) is 22.4 Å². The van der Waals surface area contributed by atoms with Crippen molar-refractivity contribution in [3.8, 4) is 5.69 Å². The van der Waals surface area contributed by atoms with E-state index in [4.69, 9.17) is 4.98 Å². The van der Waals surface area contributed by atoms with Crippen LogP contribution in [0.5, 0.6) is 0 Å². The fourth-order valence-electron chi connectivity index (χ4n) is 5.51. The van der Waals surface area contributed by atoms with Gasteiger partial charge in [-0.3, -0.25) is 9.78 Å². The third-order valence-electron chi connectivity index (χ3n) is 7.84. The lowest BCUT2D eigenvalue weighted by molar-refractivity contribution is 0.531. The second kappa shape index (κ2) is 7.49. The maximum absolute atomic E-state index is 13.4. The maximum atomic E-state index is 13.4. The zero-order chi connectivity index (χ0) is 24.7. The van der Waals surface area contributed by atoms with E-state index < -0.39 is 0 Å². The van der Waals surface area contributed by atoms with Crippen LogP contribution in [0.2, 0.25) is 0 Å². The van der Waals surface area contributed by atoms with Gasteiger partial charge in [-0.1, -0.05) is 26.8 Å². The molecule has 3 aliphatic rings. The Labute approximate surface area is 209 Å². The first-order chi connectivity index (χ1) is 17.3. The SMILES string of the molecule is CC(C)(C)c1cc(-n2c3nc(Nc4ccc5c(c4)CNCC54CC4)ncc3c(=O)n2C2CC2)ccn1. The van der Waals surface area contributed by atoms with Gasteiger partial charge in [-0.25, -0.2) is 14.3 Å². The largest absolute Gasteiger partial charge is 0.324 e. The standard InChI is InChI=1S/C28H31N7O/c1-27(2,3)23-13-20(8-11-30-23)34-24-21(25(36)35(34)19-5-6-19)15-31-26(33-24)32-18-4-7-22-17(12-18)14-29-16-28(22)9-10-28/h4,7-8,11-13,15,19,29H,5-6,9-10,14,16H2,1-3H3,(H,31,32,33). The molecule has 3 aromatic heterocycles. The summed E-state index contributed by atoms with van der Waals surface area (Å²) in [5.41, 5.74) is 6.47. The highest BCUT2D eigenvalue weighted by molar-refractivity contribution is 5.77. The van der Waals surface area contributed by atoms with Crippen LogP contribution in [0.4, 0.5) is 11.6 Å². The Balaban J connectivity index is 1.32. The molecule has 4 heterocycles. The molecule has 1 spiro atoms. The fraction of sp³-hybridized carbons (Fsp3) is 0.429. The Morgan fingerprint density at radius 2 is 1.94 bits per heavy atom. The minimum absolute atomic E-state index is 0.0391. The van der Waals surface area contributed by atoms with Crippen molar-refractivity contribution in [2.24, 2.45) is 0 Å². The number of fused-ring (bicyclic) bond motifs is 3. The molecule has 0 saturated heterocycles. The smallest absolute Gasteiger partial charge is 0.278 e. The third kappa shape index (κ3) is 3.46. The highest BCUT2D eigenvalue weighted by Crippen LogP contribution is 2.50. The van der Waals surface area contributed by atoms with Crippen LogP contribution in [0.15, 0.2) is 47.5 Å². The number of nitrogens with one attached hydrogen (secondary N) is 2. The van der Waals surface area contributed by atoms with Crippen LogP contribution in [-0.2, 0) is 17.4 Å². The molecular weight excluding hydrogens is 450 g/mol. The molecule has 2 aliphatic carbocycles. The summed E-state index contributed by atoms with van der Waals surface area (Å²) in [6.45, 7) is 8.39. The van der Waals surface area contributed by atoms with Gasteiger partial charge in [-0.15, -0.1) is 0 Å². The summed E-state index contributed by atoms with van der Waals surface area (Å²) in [4.78, 5) is 27.4. The van der Waals surface area contributed by atoms with Crippen LogP contribution in [-0.4, -0.2) is 30.9 Å². The lowest BCUT2D eigenvalue weighted by atomic mass is 9.88. The Morgan fingerprint density at radius 3 is 2.69 bits per heavy atom. The van der Waals surface area contributed by atoms with Gasteiger partial charge in [0.25, 0.3) is 5.56 Å². The zero-order valence-corrected chi connectivity index (χ0v) is 21.0. The second-order valence-corrected chi connectivity index (χ2v) is 11.7. The van der Waals surface area contributed by atoms with Gasteiger partial charge in [0, 0.05) is 47.7 Å². The summed E-state index contributed by atoms with van der Waals surface area (Å²) in [7, 11) is 0. The van der Waals surface area contributed by atoms with Crippen LogP contribution in [0, 0.1) is 0 Å². The Kier molecular flexibility index (Phi) is 4.52. The van der Waals surface area contributed by atoms with Gasteiger partial charge in [0.05, 0.1) is 11.7 Å². The lowest BCUT2D eigenvalue weighted by Crippen LogP contribution is -2.33. The highest BCUT2D eigenvalue weighted by Gasteiger charge is 2.46. The molecule has 2 fully saturated rings. The second-order valence-electron chi connectivity index (χ2n) is 11.7. The number of hydrogen-bond donors (Lipinski definition) is 2. The first-order valence-electron chi connectivity index (χ1n) is 12.9. The Hall–Kier alpha value is -3.52. The number of aromatic nitrogens is 5. The van der Waals surface area contributed by atoms with Crippen LogP contribution in [0.3, 0.4) is 0 Å². The zero-order valence-electron chi connectivity index (χ0n) is 21.0. The molecule has 36 heavy (non-hydrogen) atoms. The molecule has 7 rings (SSSR count). The molecule has 0 bridgehead atoms. The first kappa shape index (κ1) is 21.7. The van der Waals surface area contributed by atoms with Crippen molar-refractivity contribution in [1.29, 1.82) is 0 Å². The van der Waals surface area contributed by atoms with Crippen molar-refractivity contribution in [3.05, 3.63) is 69.9 Å². The Morgan fingerprint density at radius 1 is 1.11 bits per heavy atom. The first-order valence-corrected chi connectivity index (χ1v) is 12.9. The number of rotatable bonds is 4. The molecule has 4 aromatic rings. The van der Waals surface area contributed by atoms with Gasteiger partial charge in [0.1, 0.15) is 5.39 Å². The van der Waals surface area contributed by atoms with E-state index in [1.54, 1.807) is 6.20 Å². The summed E-state index contributed by atoms with van der Waals surface area (Å²) in [5, 5.41) is 7.50. The van der Waals surface area contributed by atoms with Crippen LogP contribution in [0.25, 0.3) is 16.7 Å². The molecule has 0 unspecified atom stereocenters. The summed E-state index contributed by atoms with van der Waals surface area (Å²) in [5.74, 6) is 0.485. The van der Waals surface area contributed by atoms with E-state index >= 15 is 0 Å². The van der Waals surface area contributed by atoms with E-state index in [0.717, 1.165) is 43.0 Å². The van der Waals surface area contributed by atoms with Gasteiger partial charge < -0.3 is 10.6 Å². The van der Waals surface area contributed by atoms with Crippen molar-refractivity contribution in [2.75, 3.05) is 11.9 Å².